The van der Waals surface area contributed by atoms with Crippen LogP contribution in [0.15, 0.2) is 24.8 Å². The number of aromatic nitrogens is 3. The van der Waals surface area contributed by atoms with Crippen LogP contribution in [0.4, 0.5) is 8.78 Å². The summed E-state index contributed by atoms with van der Waals surface area (Å²) in [6.07, 6.45) is 2.39. The highest BCUT2D eigenvalue weighted by Crippen LogP contribution is 2.18. The largest absolute Gasteiger partial charge is 0.478 e. The second kappa shape index (κ2) is 3.69. The zero-order chi connectivity index (χ0) is 11.7. The van der Waals surface area contributed by atoms with Crippen LogP contribution >= 0.6 is 0 Å². The third kappa shape index (κ3) is 1.62. The molecule has 5 nitrogen and oxygen atoms in total. The van der Waals surface area contributed by atoms with E-state index in [1.165, 1.54) is 17.2 Å². The molecule has 0 amide bonds. The Kier molecular flexibility index (Phi) is 2.35. The molecule has 2 aromatic rings. The van der Waals surface area contributed by atoms with Gasteiger partial charge in [0.05, 0.1) is 11.3 Å². The lowest BCUT2D eigenvalue weighted by molar-refractivity contribution is 0.0696. The molecule has 0 saturated heterocycles. The minimum atomic E-state index is -1.36. The summed E-state index contributed by atoms with van der Waals surface area (Å²) in [6.45, 7) is 0. The Bertz CT molecular complexity index is 540. The summed E-state index contributed by atoms with van der Waals surface area (Å²) in [4.78, 5) is 10.8. The van der Waals surface area contributed by atoms with Gasteiger partial charge in [0, 0.05) is 6.07 Å². The van der Waals surface area contributed by atoms with Gasteiger partial charge in [-0.1, -0.05) is 0 Å². The molecule has 0 saturated carbocycles. The van der Waals surface area contributed by atoms with Gasteiger partial charge in [0.25, 0.3) is 0 Å². The second-order valence-corrected chi connectivity index (χ2v) is 2.96. The molecule has 0 radical (unpaired) electrons. The third-order valence-electron chi connectivity index (χ3n) is 1.97. The molecule has 1 heterocycles. The van der Waals surface area contributed by atoms with Crippen molar-refractivity contribution in [2.45, 2.75) is 0 Å². The number of nitrogens with zero attached hydrogens (tertiary/aromatic N) is 3. The van der Waals surface area contributed by atoms with Crippen molar-refractivity contribution in [3.63, 3.8) is 0 Å². The molecule has 0 atom stereocenters. The number of benzene rings is 1. The summed E-state index contributed by atoms with van der Waals surface area (Å²) in [7, 11) is 0. The molecule has 0 fully saturated rings. The Morgan fingerprint density at radius 1 is 1.19 bits per heavy atom. The van der Waals surface area contributed by atoms with Crippen LogP contribution in [0.25, 0.3) is 5.69 Å². The van der Waals surface area contributed by atoms with Crippen LogP contribution in [0.5, 0.6) is 0 Å². The van der Waals surface area contributed by atoms with Crippen molar-refractivity contribution < 1.29 is 18.7 Å². The predicted octanol–water partition coefficient (Wildman–Crippen LogP) is 1.24. The topological polar surface area (TPSA) is 68.0 Å². The van der Waals surface area contributed by atoms with E-state index in [0.717, 1.165) is 6.07 Å². The quantitative estimate of drug-likeness (QED) is 0.834. The maximum atomic E-state index is 13.0. The lowest BCUT2D eigenvalue weighted by Gasteiger charge is -2.06. The molecule has 0 aliphatic heterocycles. The van der Waals surface area contributed by atoms with Gasteiger partial charge >= 0.3 is 5.97 Å². The first kappa shape index (κ1) is 10.2. The van der Waals surface area contributed by atoms with Gasteiger partial charge in [-0.05, 0) is 6.07 Å². The average Bonchev–Trinajstić information content (AvgIpc) is 2.74. The molecule has 0 bridgehead atoms. The van der Waals surface area contributed by atoms with Crippen LogP contribution < -0.4 is 0 Å². The Morgan fingerprint density at radius 3 is 2.31 bits per heavy atom. The van der Waals surface area contributed by atoms with E-state index in [1.807, 2.05) is 0 Å². The number of hydrogen-bond donors (Lipinski definition) is 1. The fraction of sp³-hybridized carbons (Fsp3) is 0. The lowest BCUT2D eigenvalue weighted by Crippen LogP contribution is -2.06. The SMILES string of the molecule is O=C(O)c1cc(F)c(F)cc1-n1cnnc1. The molecule has 2 rings (SSSR count). The number of halogens is 2. The van der Waals surface area contributed by atoms with E-state index >= 15 is 0 Å². The maximum absolute atomic E-state index is 13.0. The molecule has 1 aromatic carbocycles. The Balaban J connectivity index is 2.68. The summed E-state index contributed by atoms with van der Waals surface area (Å²) >= 11 is 0. The predicted molar refractivity (Wildman–Crippen MR) is 48.2 cm³/mol. The van der Waals surface area contributed by atoms with E-state index in [4.69, 9.17) is 5.11 Å². The van der Waals surface area contributed by atoms with Crippen LogP contribution in [0.2, 0.25) is 0 Å². The Labute approximate surface area is 88.0 Å². The van der Waals surface area contributed by atoms with Gasteiger partial charge in [-0.15, -0.1) is 10.2 Å². The fourth-order valence-corrected chi connectivity index (χ4v) is 1.25. The van der Waals surface area contributed by atoms with Crippen molar-refractivity contribution in [2.75, 3.05) is 0 Å². The van der Waals surface area contributed by atoms with E-state index < -0.39 is 17.6 Å². The molecular weight excluding hydrogens is 220 g/mol. The number of carboxylic acids is 1. The second-order valence-electron chi connectivity index (χ2n) is 2.96. The zero-order valence-electron chi connectivity index (χ0n) is 7.76. The molecule has 82 valence electrons. The summed E-state index contributed by atoms with van der Waals surface area (Å²) in [5, 5.41) is 15.7. The molecule has 0 aliphatic carbocycles. The van der Waals surface area contributed by atoms with Gasteiger partial charge in [-0.25, -0.2) is 13.6 Å². The summed E-state index contributed by atoms with van der Waals surface area (Å²) < 4.78 is 27.1. The molecule has 0 unspecified atom stereocenters. The van der Waals surface area contributed by atoms with Gasteiger partial charge in [0.1, 0.15) is 12.7 Å². The molecule has 16 heavy (non-hydrogen) atoms. The van der Waals surface area contributed by atoms with Gasteiger partial charge in [-0.3, -0.25) is 4.57 Å². The molecule has 1 aromatic heterocycles. The minimum absolute atomic E-state index is 0.0311. The summed E-state index contributed by atoms with van der Waals surface area (Å²) in [5.41, 5.74) is -0.393. The van der Waals surface area contributed by atoms with E-state index in [-0.39, 0.29) is 11.3 Å². The van der Waals surface area contributed by atoms with Crippen molar-refractivity contribution in [3.05, 3.63) is 42.0 Å². The highest BCUT2D eigenvalue weighted by atomic mass is 19.2. The monoisotopic (exact) mass is 225 g/mol. The number of rotatable bonds is 2. The standard InChI is InChI=1S/C9H5F2N3O2/c10-6-1-5(9(15)16)8(2-7(6)11)14-3-12-13-4-14/h1-4H,(H,15,16). The van der Waals surface area contributed by atoms with Crippen molar-refractivity contribution in [2.24, 2.45) is 0 Å². The number of carbonyl (C=O) groups is 1. The van der Waals surface area contributed by atoms with E-state index in [9.17, 15) is 13.6 Å². The van der Waals surface area contributed by atoms with Crippen LogP contribution in [-0.4, -0.2) is 25.8 Å². The number of aromatic carboxylic acids is 1. The van der Waals surface area contributed by atoms with E-state index in [1.54, 1.807) is 0 Å². The van der Waals surface area contributed by atoms with Crippen LogP contribution in [0, 0.1) is 11.6 Å². The van der Waals surface area contributed by atoms with Crippen LogP contribution in [-0.2, 0) is 0 Å². The number of hydrogen-bond acceptors (Lipinski definition) is 3. The highest BCUT2D eigenvalue weighted by molar-refractivity contribution is 5.91. The summed E-state index contributed by atoms with van der Waals surface area (Å²) in [6, 6.07) is 1.40. The first-order valence-corrected chi connectivity index (χ1v) is 4.17. The van der Waals surface area contributed by atoms with E-state index in [0.29, 0.717) is 6.07 Å². The molecule has 1 N–H and O–H groups in total. The molecular formula is C9H5F2N3O2. The van der Waals surface area contributed by atoms with Gasteiger partial charge < -0.3 is 5.11 Å². The molecule has 0 aliphatic rings. The first-order valence-electron chi connectivity index (χ1n) is 4.17. The van der Waals surface area contributed by atoms with Crippen molar-refractivity contribution in [3.8, 4) is 5.69 Å². The fourth-order valence-electron chi connectivity index (χ4n) is 1.25. The third-order valence-corrected chi connectivity index (χ3v) is 1.97. The van der Waals surface area contributed by atoms with Crippen LogP contribution in [0.3, 0.4) is 0 Å². The normalized spacial score (nSPS) is 10.4. The Morgan fingerprint density at radius 2 is 1.75 bits per heavy atom. The highest BCUT2D eigenvalue weighted by Gasteiger charge is 2.16. The molecule has 7 heteroatoms. The van der Waals surface area contributed by atoms with Gasteiger partial charge in [0.15, 0.2) is 11.6 Å². The Hall–Kier alpha value is -2.31. The van der Waals surface area contributed by atoms with Gasteiger partial charge in [-0.2, -0.15) is 0 Å². The van der Waals surface area contributed by atoms with E-state index in [2.05, 4.69) is 10.2 Å². The van der Waals surface area contributed by atoms with Crippen LogP contribution in [0.1, 0.15) is 10.4 Å². The lowest BCUT2D eigenvalue weighted by atomic mass is 10.1. The number of carboxylic acid groups (broad SMARTS) is 1. The smallest absolute Gasteiger partial charge is 0.337 e. The maximum Gasteiger partial charge on any atom is 0.337 e. The molecule has 0 spiro atoms. The average molecular weight is 225 g/mol. The zero-order valence-corrected chi connectivity index (χ0v) is 7.76. The first-order chi connectivity index (χ1) is 7.59. The van der Waals surface area contributed by atoms with Crippen molar-refractivity contribution >= 4 is 5.97 Å². The van der Waals surface area contributed by atoms with Crippen molar-refractivity contribution in [1.82, 2.24) is 14.8 Å². The van der Waals surface area contributed by atoms with Gasteiger partial charge in [0.2, 0.25) is 0 Å². The van der Waals surface area contributed by atoms with Crippen molar-refractivity contribution in [1.29, 1.82) is 0 Å². The summed E-state index contributed by atoms with van der Waals surface area (Å²) in [5.74, 6) is -3.70. The minimum Gasteiger partial charge on any atom is -0.478 e.